The second-order valence-electron chi connectivity index (χ2n) is 8.73. The molecule has 3 aromatic rings. The van der Waals surface area contributed by atoms with E-state index in [-0.39, 0.29) is 17.6 Å². The first-order valence-electron chi connectivity index (χ1n) is 12.1. The average Bonchev–Trinajstić information content (AvgIpc) is 3.28. The van der Waals surface area contributed by atoms with Crippen molar-refractivity contribution < 1.29 is 22.6 Å². The zero-order chi connectivity index (χ0) is 28.7. The number of aryl methyl sites for hydroxylation is 1. The van der Waals surface area contributed by atoms with Crippen LogP contribution in [0, 0.1) is 6.92 Å². The predicted molar refractivity (Wildman–Crippen MR) is 156 cm³/mol. The first kappa shape index (κ1) is 28.7. The summed E-state index contributed by atoms with van der Waals surface area (Å²) >= 11 is 1.66. The van der Waals surface area contributed by atoms with E-state index in [0.29, 0.717) is 11.3 Å². The number of aliphatic imine (C=N–C) groups is 2. The number of thioether (sulfide) groups is 1. The fraction of sp³-hybridized carbons (Fsp3) is 0.214. The van der Waals surface area contributed by atoms with Crippen molar-refractivity contribution in [2.45, 2.75) is 26.3 Å². The number of nitrogens with zero attached hydrogens (tertiary/aromatic N) is 5. The number of hydrogen-bond acceptors (Lipinski definition) is 6. The summed E-state index contributed by atoms with van der Waals surface area (Å²) in [7, 11) is 1.65. The van der Waals surface area contributed by atoms with Gasteiger partial charge < -0.3 is 20.1 Å². The van der Waals surface area contributed by atoms with Crippen LogP contribution in [0.5, 0.6) is 11.5 Å². The summed E-state index contributed by atoms with van der Waals surface area (Å²) < 4.78 is 45.9. The molecule has 0 spiro atoms. The molecule has 1 saturated heterocycles. The summed E-state index contributed by atoms with van der Waals surface area (Å²) in [5, 5.41) is 9.60. The lowest BCUT2D eigenvalue weighted by Gasteiger charge is -2.24. The number of alkyl halides is 3. The van der Waals surface area contributed by atoms with Crippen LogP contribution < -0.4 is 20.1 Å². The van der Waals surface area contributed by atoms with Gasteiger partial charge >= 0.3 is 6.36 Å². The van der Waals surface area contributed by atoms with E-state index in [2.05, 4.69) is 36.7 Å². The Morgan fingerprint density at radius 1 is 1.05 bits per heavy atom. The Hall–Kier alpha value is -4.32. The van der Waals surface area contributed by atoms with Gasteiger partial charge in [-0.15, -0.1) is 18.3 Å². The molecule has 0 aliphatic carbocycles. The molecule has 0 amide bonds. The van der Waals surface area contributed by atoms with Crippen molar-refractivity contribution in [2.75, 3.05) is 17.8 Å². The highest BCUT2D eigenvalue weighted by atomic mass is 32.2. The first-order chi connectivity index (χ1) is 19.1. The van der Waals surface area contributed by atoms with E-state index in [0.717, 1.165) is 33.5 Å². The third kappa shape index (κ3) is 7.63. The van der Waals surface area contributed by atoms with Crippen molar-refractivity contribution in [1.29, 1.82) is 0 Å². The Morgan fingerprint density at radius 2 is 1.75 bits per heavy atom. The van der Waals surface area contributed by atoms with Crippen molar-refractivity contribution in [2.24, 2.45) is 25.9 Å². The lowest BCUT2D eigenvalue weighted by atomic mass is 10.1. The molecule has 2 N–H and O–H groups in total. The number of benzene rings is 3. The van der Waals surface area contributed by atoms with E-state index in [1.807, 2.05) is 37.3 Å². The van der Waals surface area contributed by atoms with E-state index in [9.17, 15) is 13.2 Å². The third-order valence-electron chi connectivity index (χ3n) is 5.79. The molecule has 12 heteroatoms. The van der Waals surface area contributed by atoms with Crippen LogP contribution in [0.4, 0.5) is 24.5 Å². The molecule has 208 valence electrons. The van der Waals surface area contributed by atoms with Crippen LogP contribution in [0.3, 0.4) is 0 Å². The van der Waals surface area contributed by atoms with Crippen molar-refractivity contribution in [3.8, 4) is 11.5 Å². The highest BCUT2D eigenvalue weighted by Crippen LogP contribution is 2.34. The second kappa shape index (κ2) is 12.7. The fourth-order valence-corrected chi connectivity index (χ4v) is 4.88. The van der Waals surface area contributed by atoms with Crippen LogP contribution in [-0.2, 0) is 0 Å². The fourth-order valence-electron chi connectivity index (χ4n) is 3.82. The van der Waals surface area contributed by atoms with E-state index < -0.39 is 6.36 Å². The maximum atomic E-state index is 12.3. The van der Waals surface area contributed by atoms with Gasteiger partial charge in [0.15, 0.2) is 5.17 Å². The molecule has 1 aliphatic rings. The lowest BCUT2D eigenvalue weighted by molar-refractivity contribution is -0.274. The average molecular weight is 569 g/mol. The predicted octanol–water partition coefficient (Wildman–Crippen LogP) is 6.30. The van der Waals surface area contributed by atoms with Gasteiger partial charge in [0, 0.05) is 23.0 Å². The molecule has 0 radical (unpaired) electrons. The van der Waals surface area contributed by atoms with E-state index >= 15 is 0 Å². The number of hydrogen-bond donors (Lipinski definition) is 1. The summed E-state index contributed by atoms with van der Waals surface area (Å²) in [4.78, 5) is 10.4. The molecule has 1 fully saturated rings. The Labute approximate surface area is 234 Å². The van der Waals surface area contributed by atoms with Gasteiger partial charge in [0.1, 0.15) is 23.7 Å². The van der Waals surface area contributed by atoms with Crippen molar-refractivity contribution >= 4 is 46.7 Å². The summed E-state index contributed by atoms with van der Waals surface area (Å²) in [5.74, 6) is 1.62. The molecule has 8 nitrogen and oxygen atoms in total. The van der Waals surface area contributed by atoms with Crippen LogP contribution in [0.1, 0.15) is 23.6 Å². The van der Waals surface area contributed by atoms with Crippen LogP contribution >= 0.6 is 11.8 Å². The SMILES string of the molecule is COc1ccc(N2/C(=N/N=C/c3ccc(C(N)=NC=Nc4ccc(OC(F)(F)F)cc4)cc3)SCC2C)c(C)c1. The zero-order valence-electron chi connectivity index (χ0n) is 22.0. The van der Waals surface area contributed by atoms with E-state index in [4.69, 9.17) is 10.5 Å². The molecule has 1 unspecified atom stereocenters. The minimum atomic E-state index is -4.75. The van der Waals surface area contributed by atoms with Crippen LogP contribution in [0.15, 0.2) is 86.9 Å². The minimum Gasteiger partial charge on any atom is -0.497 e. The maximum absolute atomic E-state index is 12.3. The number of anilines is 1. The van der Waals surface area contributed by atoms with Gasteiger partial charge in [0.25, 0.3) is 0 Å². The lowest BCUT2D eigenvalue weighted by Crippen LogP contribution is -2.32. The van der Waals surface area contributed by atoms with Gasteiger partial charge in [-0.3, -0.25) is 0 Å². The van der Waals surface area contributed by atoms with Crippen molar-refractivity contribution in [1.82, 2.24) is 0 Å². The number of rotatable bonds is 8. The summed E-state index contributed by atoms with van der Waals surface area (Å²) in [6.07, 6.45) is -1.85. The quantitative estimate of drug-likeness (QED) is 0.195. The van der Waals surface area contributed by atoms with E-state index in [1.165, 1.54) is 30.6 Å². The highest BCUT2D eigenvalue weighted by molar-refractivity contribution is 8.14. The standard InChI is InChI=1S/C28H27F3N6O2S/c1-18-14-24(38-3)12-13-25(18)37-19(2)16-40-27(37)36-35-15-20-4-6-21(7-5-20)26(32)34-17-33-22-8-10-23(11-9-22)39-28(29,30)31/h4-15,17,19H,16H2,1-3H3,(H2,32,33,34)/b35-15+,36-27-. The normalized spacial score (nSPS) is 17.4. The zero-order valence-corrected chi connectivity index (χ0v) is 22.8. The van der Waals surface area contributed by atoms with Gasteiger partial charge in [-0.25, -0.2) is 9.98 Å². The molecule has 40 heavy (non-hydrogen) atoms. The van der Waals surface area contributed by atoms with Crippen molar-refractivity contribution in [3.05, 3.63) is 83.4 Å². The van der Waals surface area contributed by atoms with Gasteiger partial charge in [-0.1, -0.05) is 36.0 Å². The number of methoxy groups -OCH3 is 1. The molecular weight excluding hydrogens is 541 g/mol. The first-order valence-corrected chi connectivity index (χ1v) is 13.1. The van der Waals surface area contributed by atoms with Gasteiger partial charge in [0.05, 0.1) is 19.0 Å². The highest BCUT2D eigenvalue weighted by Gasteiger charge is 2.31. The molecule has 1 aliphatic heterocycles. The third-order valence-corrected chi connectivity index (χ3v) is 6.98. The molecule has 0 aromatic heterocycles. The number of halogens is 3. The molecule has 3 aromatic carbocycles. The van der Waals surface area contributed by atoms with Crippen LogP contribution in [0.2, 0.25) is 0 Å². The van der Waals surface area contributed by atoms with Gasteiger partial charge in [-0.2, -0.15) is 5.10 Å². The van der Waals surface area contributed by atoms with Gasteiger partial charge in [0.2, 0.25) is 0 Å². The Kier molecular flexibility index (Phi) is 9.10. The Balaban J connectivity index is 1.38. The van der Waals surface area contributed by atoms with Crippen LogP contribution in [0.25, 0.3) is 0 Å². The Morgan fingerprint density at radius 3 is 2.40 bits per heavy atom. The molecule has 0 saturated carbocycles. The molecule has 1 atom stereocenters. The summed E-state index contributed by atoms with van der Waals surface area (Å²) in [5.41, 5.74) is 10.1. The van der Waals surface area contributed by atoms with Crippen molar-refractivity contribution in [3.63, 3.8) is 0 Å². The second-order valence-corrected chi connectivity index (χ2v) is 9.72. The van der Waals surface area contributed by atoms with E-state index in [1.54, 1.807) is 37.2 Å². The largest absolute Gasteiger partial charge is 0.573 e. The smallest absolute Gasteiger partial charge is 0.497 e. The number of nitrogens with two attached hydrogens (primary N) is 1. The van der Waals surface area contributed by atoms with Crippen LogP contribution in [-0.4, -0.2) is 48.8 Å². The summed E-state index contributed by atoms with van der Waals surface area (Å²) in [6.45, 7) is 4.20. The maximum Gasteiger partial charge on any atom is 0.573 e. The monoisotopic (exact) mass is 568 g/mol. The topological polar surface area (TPSA) is 97.2 Å². The number of amidine groups is 2. The van der Waals surface area contributed by atoms with Gasteiger partial charge in [-0.05, 0) is 67.4 Å². The summed E-state index contributed by atoms with van der Waals surface area (Å²) in [6, 6.07) is 18.6. The molecule has 0 bridgehead atoms. The minimum absolute atomic E-state index is 0.228. The number of ether oxygens (including phenoxy) is 2. The Bertz CT molecular complexity index is 1440. The molecule has 1 heterocycles. The molecule has 4 rings (SSSR count). The molecular formula is C28H27F3N6O2S.